The Morgan fingerprint density at radius 1 is 1.33 bits per heavy atom. The number of carbonyl (C=O) groups excluding carboxylic acids is 2. The molecule has 0 spiro atoms. The first-order chi connectivity index (χ1) is 11.3. The van der Waals surface area contributed by atoms with Crippen molar-refractivity contribution in [1.29, 1.82) is 0 Å². The van der Waals surface area contributed by atoms with E-state index in [4.69, 9.17) is 4.74 Å². The Hall–Kier alpha value is -2.24. The minimum absolute atomic E-state index is 0.0389. The number of nitrogens with one attached hydrogen (secondary N) is 2. The Balaban J connectivity index is 2.01. The van der Waals surface area contributed by atoms with Gasteiger partial charge in [-0.1, -0.05) is 19.9 Å². The van der Waals surface area contributed by atoms with Crippen LogP contribution in [0.4, 0.5) is 10.5 Å². The van der Waals surface area contributed by atoms with Crippen LogP contribution in [-0.2, 0) is 4.79 Å². The Bertz CT molecular complexity index is 616. The molecular weight excluding hydrogens is 306 g/mol. The molecule has 2 rings (SSSR count). The van der Waals surface area contributed by atoms with Crippen molar-refractivity contribution in [2.45, 2.75) is 46.2 Å². The summed E-state index contributed by atoms with van der Waals surface area (Å²) >= 11 is 0. The second-order valence-corrected chi connectivity index (χ2v) is 6.85. The number of carbonyl (C=O) groups is 2. The zero-order chi connectivity index (χ0) is 17.9. The van der Waals surface area contributed by atoms with Crippen LogP contribution in [0.1, 0.15) is 45.7 Å². The van der Waals surface area contributed by atoms with Crippen molar-refractivity contribution in [2.75, 3.05) is 19.0 Å². The highest BCUT2D eigenvalue weighted by Crippen LogP contribution is 2.30. The van der Waals surface area contributed by atoms with Crippen molar-refractivity contribution < 1.29 is 14.3 Å². The van der Waals surface area contributed by atoms with Crippen molar-refractivity contribution >= 4 is 17.6 Å². The Morgan fingerprint density at radius 3 is 2.71 bits per heavy atom. The Morgan fingerprint density at radius 2 is 2.04 bits per heavy atom. The summed E-state index contributed by atoms with van der Waals surface area (Å²) in [4.78, 5) is 25.6. The number of benzene rings is 1. The maximum absolute atomic E-state index is 12.4. The van der Waals surface area contributed by atoms with Crippen LogP contribution in [0.5, 0.6) is 5.75 Å². The number of hydrogen-bond acceptors (Lipinski definition) is 3. The minimum Gasteiger partial charge on any atom is -0.482 e. The highest BCUT2D eigenvalue weighted by atomic mass is 16.5. The number of anilines is 1. The molecular formula is C18H27N3O3. The number of nitrogens with zero attached hydrogens (tertiary/aromatic N) is 1. The zero-order valence-corrected chi connectivity index (χ0v) is 15.1. The second-order valence-electron chi connectivity index (χ2n) is 6.85. The maximum atomic E-state index is 12.4. The lowest BCUT2D eigenvalue weighted by atomic mass is 10.0. The van der Waals surface area contributed by atoms with Gasteiger partial charge < -0.3 is 20.3 Å². The van der Waals surface area contributed by atoms with Crippen LogP contribution in [0.3, 0.4) is 0 Å². The fourth-order valence-corrected chi connectivity index (χ4v) is 2.78. The summed E-state index contributed by atoms with van der Waals surface area (Å²) in [5.74, 6) is 1.02. The standard InChI is InChI=1S/C18H27N3O3/c1-11(2)8-12(3)21(5)18(23)19-13(4)14-6-7-16-15(9-14)20-17(22)10-24-16/h6-7,9,11-13H,8,10H2,1-5H3,(H,19,23)(H,20,22)/t12-,13-/m1/s1. The molecule has 0 saturated carbocycles. The molecule has 1 aliphatic rings. The van der Waals surface area contributed by atoms with Crippen LogP contribution in [0.25, 0.3) is 0 Å². The normalized spacial score (nSPS) is 15.8. The maximum Gasteiger partial charge on any atom is 0.317 e. The molecule has 1 aromatic rings. The van der Waals surface area contributed by atoms with E-state index in [0.717, 1.165) is 12.0 Å². The van der Waals surface area contributed by atoms with Gasteiger partial charge in [0.25, 0.3) is 5.91 Å². The largest absolute Gasteiger partial charge is 0.482 e. The topological polar surface area (TPSA) is 70.7 Å². The molecule has 3 amide bonds. The first kappa shape index (κ1) is 18.1. The SMILES string of the molecule is CC(C)C[C@@H](C)N(C)C(=O)N[C@H](C)c1ccc2c(c1)NC(=O)CO2. The van der Waals surface area contributed by atoms with Crippen LogP contribution in [-0.4, -0.2) is 36.5 Å². The van der Waals surface area contributed by atoms with Crippen molar-refractivity contribution in [3.63, 3.8) is 0 Å². The molecule has 0 saturated heterocycles. The molecule has 0 aromatic heterocycles. The number of rotatable bonds is 5. The summed E-state index contributed by atoms with van der Waals surface area (Å²) in [6, 6.07) is 5.46. The first-order valence-electron chi connectivity index (χ1n) is 8.37. The molecule has 6 nitrogen and oxygen atoms in total. The van der Waals surface area contributed by atoms with Crippen molar-refractivity contribution in [2.24, 2.45) is 5.92 Å². The van der Waals surface area contributed by atoms with E-state index < -0.39 is 0 Å². The molecule has 2 atom stereocenters. The van der Waals surface area contributed by atoms with Gasteiger partial charge in [-0.05, 0) is 43.9 Å². The van der Waals surface area contributed by atoms with Gasteiger partial charge >= 0.3 is 6.03 Å². The number of fused-ring (bicyclic) bond motifs is 1. The van der Waals surface area contributed by atoms with E-state index in [0.29, 0.717) is 17.4 Å². The molecule has 1 heterocycles. The third kappa shape index (κ3) is 4.40. The summed E-state index contributed by atoms with van der Waals surface area (Å²) in [6.07, 6.45) is 0.959. The molecule has 2 N–H and O–H groups in total. The van der Waals surface area contributed by atoms with E-state index in [1.165, 1.54) is 0 Å². The van der Waals surface area contributed by atoms with Gasteiger partial charge in [-0.2, -0.15) is 0 Å². The van der Waals surface area contributed by atoms with E-state index in [-0.39, 0.29) is 30.6 Å². The predicted octanol–water partition coefficient (Wildman–Crippen LogP) is 3.15. The zero-order valence-electron chi connectivity index (χ0n) is 15.1. The van der Waals surface area contributed by atoms with Crippen LogP contribution < -0.4 is 15.4 Å². The van der Waals surface area contributed by atoms with Crippen LogP contribution >= 0.6 is 0 Å². The molecule has 1 aliphatic heterocycles. The van der Waals surface area contributed by atoms with Crippen LogP contribution in [0.15, 0.2) is 18.2 Å². The van der Waals surface area contributed by atoms with Crippen molar-refractivity contribution in [3.05, 3.63) is 23.8 Å². The molecule has 0 aliphatic carbocycles. The Labute approximate surface area is 143 Å². The van der Waals surface area contributed by atoms with Gasteiger partial charge in [0.05, 0.1) is 11.7 Å². The first-order valence-corrected chi connectivity index (χ1v) is 8.37. The monoisotopic (exact) mass is 333 g/mol. The fraction of sp³-hybridized carbons (Fsp3) is 0.556. The summed E-state index contributed by atoms with van der Waals surface area (Å²) < 4.78 is 5.35. The summed E-state index contributed by atoms with van der Waals surface area (Å²) in [7, 11) is 1.82. The van der Waals surface area contributed by atoms with E-state index in [1.807, 2.05) is 32.2 Å². The van der Waals surface area contributed by atoms with Gasteiger partial charge in [-0.3, -0.25) is 4.79 Å². The van der Waals surface area contributed by atoms with Gasteiger partial charge in [0, 0.05) is 13.1 Å². The lowest BCUT2D eigenvalue weighted by molar-refractivity contribution is -0.118. The fourth-order valence-electron chi connectivity index (χ4n) is 2.78. The third-order valence-electron chi connectivity index (χ3n) is 4.27. The summed E-state index contributed by atoms with van der Waals surface area (Å²) in [5, 5.41) is 5.79. The molecule has 132 valence electrons. The lowest BCUT2D eigenvalue weighted by Crippen LogP contribution is -2.43. The molecule has 0 bridgehead atoms. The number of amides is 3. The van der Waals surface area contributed by atoms with Gasteiger partial charge in [0.15, 0.2) is 6.61 Å². The van der Waals surface area contributed by atoms with Crippen LogP contribution in [0, 0.1) is 5.92 Å². The highest BCUT2D eigenvalue weighted by molar-refractivity contribution is 5.95. The average molecular weight is 333 g/mol. The molecule has 0 radical (unpaired) electrons. The predicted molar refractivity (Wildman–Crippen MR) is 94.2 cm³/mol. The van der Waals surface area contributed by atoms with Gasteiger partial charge in [0.2, 0.25) is 0 Å². The van der Waals surface area contributed by atoms with Gasteiger partial charge in [0.1, 0.15) is 5.75 Å². The molecule has 0 unspecified atom stereocenters. The Kier molecular flexibility index (Phi) is 5.70. The van der Waals surface area contributed by atoms with E-state index in [2.05, 4.69) is 31.4 Å². The van der Waals surface area contributed by atoms with Crippen molar-refractivity contribution in [3.8, 4) is 5.75 Å². The lowest BCUT2D eigenvalue weighted by Gasteiger charge is -2.28. The summed E-state index contributed by atoms with van der Waals surface area (Å²) in [6.45, 7) is 8.31. The molecule has 24 heavy (non-hydrogen) atoms. The average Bonchev–Trinajstić information content (AvgIpc) is 2.52. The van der Waals surface area contributed by atoms with Gasteiger partial charge in [-0.15, -0.1) is 0 Å². The summed E-state index contributed by atoms with van der Waals surface area (Å²) in [5.41, 5.74) is 1.56. The van der Waals surface area contributed by atoms with Crippen molar-refractivity contribution in [1.82, 2.24) is 10.2 Å². The van der Waals surface area contributed by atoms with Crippen LogP contribution in [0.2, 0.25) is 0 Å². The van der Waals surface area contributed by atoms with Gasteiger partial charge in [-0.25, -0.2) is 4.79 Å². The highest BCUT2D eigenvalue weighted by Gasteiger charge is 2.21. The molecule has 1 aromatic carbocycles. The minimum atomic E-state index is -0.171. The quantitative estimate of drug-likeness (QED) is 0.869. The van der Waals surface area contributed by atoms with E-state index >= 15 is 0 Å². The number of ether oxygens (including phenoxy) is 1. The van der Waals surface area contributed by atoms with E-state index in [9.17, 15) is 9.59 Å². The van der Waals surface area contributed by atoms with E-state index in [1.54, 1.807) is 4.90 Å². The third-order valence-corrected chi connectivity index (χ3v) is 4.27. The molecule has 0 fully saturated rings. The second kappa shape index (κ2) is 7.55. The molecule has 6 heteroatoms. The number of urea groups is 1. The number of hydrogen-bond donors (Lipinski definition) is 2. The smallest absolute Gasteiger partial charge is 0.317 e.